The fraction of sp³-hybridized carbons (Fsp3) is 0.632. The van der Waals surface area contributed by atoms with Gasteiger partial charge in [-0.15, -0.1) is 0 Å². The lowest BCUT2D eigenvalue weighted by molar-refractivity contribution is -0.138. The van der Waals surface area contributed by atoms with Gasteiger partial charge < -0.3 is 15.5 Å². The van der Waals surface area contributed by atoms with E-state index in [2.05, 4.69) is 9.80 Å². The van der Waals surface area contributed by atoms with Gasteiger partial charge in [0, 0.05) is 44.0 Å². The van der Waals surface area contributed by atoms with Crippen LogP contribution in [-0.4, -0.2) is 30.9 Å². The molecule has 2 rings (SSSR count). The zero-order valence-electron chi connectivity index (χ0n) is 15.0. The molecular formula is C19H31N3O. The van der Waals surface area contributed by atoms with E-state index < -0.39 is 0 Å². The van der Waals surface area contributed by atoms with Gasteiger partial charge in [0.2, 0.25) is 5.91 Å². The summed E-state index contributed by atoms with van der Waals surface area (Å²) in [4.78, 5) is 17.0. The Morgan fingerprint density at radius 3 is 2.43 bits per heavy atom. The summed E-state index contributed by atoms with van der Waals surface area (Å²) >= 11 is 0. The molecule has 0 aromatic heterocycles. The van der Waals surface area contributed by atoms with Crippen LogP contribution in [0, 0.1) is 5.92 Å². The highest BCUT2D eigenvalue weighted by Gasteiger charge is 2.27. The summed E-state index contributed by atoms with van der Waals surface area (Å²) in [6, 6.07) is 6.35. The SMILES string of the molecule is CC(C)C(=O)N(Cc1cc(N)ccc1N(C)C)C1CCCCC1. The molecule has 0 unspecified atom stereocenters. The molecule has 0 atom stereocenters. The summed E-state index contributed by atoms with van der Waals surface area (Å²) in [5.41, 5.74) is 9.02. The van der Waals surface area contributed by atoms with Crippen molar-refractivity contribution >= 4 is 17.3 Å². The molecule has 0 bridgehead atoms. The highest BCUT2D eigenvalue weighted by Crippen LogP contribution is 2.29. The zero-order chi connectivity index (χ0) is 17.0. The molecule has 128 valence electrons. The largest absolute Gasteiger partial charge is 0.399 e. The Hall–Kier alpha value is -1.71. The molecule has 1 aliphatic carbocycles. The van der Waals surface area contributed by atoms with Crippen LogP contribution in [0.2, 0.25) is 0 Å². The molecule has 0 saturated heterocycles. The smallest absolute Gasteiger partial charge is 0.225 e. The molecule has 1 aromatic carbocycles. The van der Waals surface area contributed by atoms with Gasteiger partial charge in [0.05, 0.1) is 0 Å². The number of rotatable bonds is 5. The summed E-state index contributed by atoms with van der Waals surface area (Å²) in [6.07, 6.45) is 5.99. The minimum Gasteiger partial charge on any atom is -0.399 e. The molecule has 1 fully saturated rings. The van der Waals surface area contributed by atoms with E-state index >= 15 is 0 Å². The number of nitrogens with zero attached hydrogens (tertiary/aromatic N) is 2. The lowest BCUT2D eigenvalue weighted by atomic mass is 9.92. The number of amides is 1. The normalized spacial score (nSPS) is 15.7. The van der Waals surface area contributed by atoms with Crippen LogP contribution in [0.4, 0.5) is 11.4 Å². The number of nitrogens with two attached hydrogens (primary N) is 1. The average molecular weight is 317 g/mol. The molecule has 1 aromatic rings. The van der Waals surface area contributed by atoms with E-state index in [1.807, 2.05) is 46.1 Å². The first kappa shape index (κ1) is 17.6. The minimum absolute atomic E-state index is 0.0285. The van der Waals surface area contributed by atoms with E-state index in [0.717, 1.165) is 29.8 Å². The van der Waals surface area contributed by atoms with Crippen LogP contribution >= 0.6 is 0 Å². The number of hydrogen-bond acceptors (Lipinski definition) is 3. The van der Waals surface area contributed by atoms with Crippen molar-refractivity contribution in [2.45, 2.75) is 58.5 Å². The third kappa shape index (κ3) is 4.40. The predicted octanol–water partition coefficient (Wildman–Crippen LogP) is 3.65. The van der Waals surface area contributed by atoms with Gasteiger partial charge in [-0.25, -0.2) is 0 Å². The maximum absolute atomic E-state index is 12.8. The molecule has 4 heteroatoms. The van der Waals surface area contributed by atoms with E-state index in [1.165, 1.54) is 19.3 Å². The van der Waals surface area contributed by atoms with Gasteiger partial charge in [0.1, 0.15) is 0 Å². The second-order valence-electron chi connectivity index (χ2n) is 7.20. The Labute approximate surface area is 140 Å². The van der Waals surface area contributed by atoms with E-state index in [-0.39, 0.29) is 11.8 Å². The van der Waals surface area contributed by atoms with Crippen molar-refractivity contribution in [1.29, 1.82) is 0 Å². The monoisotopic (exact) mass is 317 g/mol. The number of benzene rings is 1. The molecule has 0 spiro atoms. The predicted molar refractivity (Wildman–Crippen MR) is 97.4 cm³/mol. The van der Waals surface area contributed by atoms with Crippen LogP contribution in [-0.2, 0) is 11.3 Å². The van der Waals surface area contributed by atoms with Crippen LogP contribution in [0.3, 0.4) is 0 Å². The van der Waals surface area contributed by atoms with Gasteiger partial charge in [0.15, 0.2) is 0 Å². The lowest BCUT2D eigenvalue weighted by Crippen LogP contribution is -2.43. The van der Waals surface area contributed by atoms with Gasteiger partial charge in [-0.2, -0.15) is 0 Å². The standard InChI is InChI=1S/C19H31N3O/c1-14(2)19(23)22(17-8-6-5-7-9-17)13-15-12-16(20)10-11-18(15)21(3)4/h10-12,14,17H,5-9,13,20H2,1-4H3. The highest BCUT2D eigenvalue weighted by molar-refractivity contribution is 5.78. The number of nitrogen functional groups attached to an aromatic ring is 1. The van der Waals surface area contributed by atoms with E-state index in [0.29, 0.717) is 12.6 Å². The van der Waals surface area contributed by atoms with Crippen LogP contribution in [0.15, 0.2) is 18.2 Å². The summed E-state index contributed by atoms with van der Waals surface area (Å²) < 4.78 is 0. The molecule has 0 heterocycles. The van der Waals surface area contributed by atoms with Gasteiger partial charge in [-0.1, -0.05) is 33.1 Å². The van der Waals surface area contributed by atoms with Crippen LogP contribution in [0.25, 0.3) is 0 Å². The Morgan fingerprint density at radius 1 is 1.22 bits per heavy atom. The van der Waals surface area contributed by atoms with Crippen LogP contribution in [0.1, 0.15) is 51.5 Å². The van der Waals surface area contributed by atoms with Crippen molar-refractivity contribution in [2.24, 2.45) is 5.92 Å². The number of anilines is 2. The van der Waals surface area contributed by atoms with Crippen LogP contribution < -0.4 is 10.6 Å². The molecule has 23 heavy (non-hydrogen) atoms. The minimum atomic E-state index is 0.0285. The Kier molecular flexibility index (Phi) is 5.91. The lowest BCUT2D eigenvalue weighted by Gasteiger charge is -2.36. The van der Waals surface area contributed by atoms with E-state index in [4.69, 9.17) is 5.73 Å². The Bertz CT molecular complexity index is 533. The van der Waals surface area contributed by atoms with Crippen molar-refractivity contribution in [3.63, 3.8) is 0 Å². The molecule has 2 N–H and O–H groups in total. The fourth-order valence-electron chi connectivity index (χ4n) is 3.46. The van der Waals surface area contributed by atoms with Gasteiger partial charge in [0.25, 0.3) is 0 Å². The first-order chi connectivity index (χ1) is 10.9. The van der Waals surface area contributed by atoms with Gasteiger partial charge in [-0.05, 0) is 36.6 Å². The van der Waals surface area contributed by atoms with Crippen molar-refractivity contribution in [2.75, 3.05) is 24.7 Å². The van der Waals surface area contributed by atoms with Crippen molar-refractivity contribution in [3.8, 4) is 0 Å². The van der Waals surface area contributed by atoms with Crippen molar-refractivity contribution in [1.82, 2.24) is 4.90 Å². The number of carbonyl (C=O) groups is 1. The first-order valence-electron chi connectivity index (χ1n) is 8.76. The summed E-state index contributed by atoms with van der Waals surface area (Å²) in [7, 11) is 4.06. The first-order valence-corrected chi connectivity index (χ1v) is 8.76. The number of carbonyl (C=O) groups excluding carboxylic acids is 1. The molecule has 0 radical (unpaired) electrons. The molecule has 1 saturated carbocycles. The second-order valence-corrected chi connectivity index (χ2v) is 7.20. The van der Waals surface area contributed by atoms with E-state index in [9.17, 15) is 4.79 Å². The maximum Gasteiger partial charge on any atom is 0.225 e. The third-order valence-electron chi connectivity index (χ3n) is 4.72. The third-order valence-corrected chi connectivity index (χ3v) is 4.72. The molecule has 4 nitrogen and oxygen atoms in total. The Balaban J connectivity index is 2.30. The molecule has 1 aliphatic rings. The summed E-state index contributed by atoms with van der Waals surface area (Å²) in [5, 5.41) is 0. The Morgan fingerprint density at radius 2 is 1.87 bits per heavy atom. The molecule has 1 amide bonds. The quantitative estimate of drug-likeness (QED) is 0.843. The molecular weight excluding hydrogens is 286 g/mol. The van der Waals surface area contributed by atoms with Crippen molar-refractivity contribution < 1.29 is 4.79 Å². The molecule has 0 aliphatic heterocycles. The second kappa shape index (κ2) is 7.71. The summed E-state index contributed by atoms with van der Waals surface area (Å²) in [6.45, 7) is 4.63. The van der Waals surface area contributed by atoms with Gasteiger partial charge in [-0.3, -0.25) is 4.79 Å². The van der Waals surface area contributed by atoms with Crippen LogP contribution in [0.5, 0.6) is 0 Å². The maximum atomic E-state index is 12.8. The van der Waals surface area contributed by atoms with E-state index in [1.54, 1.807) is 0 Å². The average Bonchev–Trinajstić information content (AvgIpc) is 2.52. The van der Waals surface area contributed by atoms with Gasteiger partial charge >= 0.3 is 0 Å². The zero-order valence-corrected chi connectivity index (χ0v) is 15.0. The van der Waals surface area contributed by atoms with Crippen molar-refractivity contribution in [3.05, 3.63) is 23.8 Å². The number of hydrogen-bond donors (Lipinski definition) is 1. The topological polar surface area (TPSA) is 49.6 Å². The highest BCUT2D eigenvalue weighted by atomic mass is 16.2. The fourth-order valence-corrected chi connectivity index (χ4v) is 3.46. The summed E-state index contributed by atoms with van der Waals surface area (Å²) in [5.74, 6) is 0.282.